The lowest BCUT2D eigenvalue weighted by atomic mass is 10.1. The molecule has 1 aromatic carbocycles. The van der Waals surface area contributed by atoms with Gasteiger partial charge in [-0.25, -0.2) is 8.42 Å². The van der Waals surface area contributed by atoms with Crippen molar-refractivity contribution in [3.63, 3.8) is 0 Å². The van der Waals surface area contributed by atoms with Crippen molar-refractivity contribution >= 4 is 15.5 Å². The van der Waals surface area contributed by atoms with Crippen molar-refractivity contribution in [2.45, 2.75) is 31.3 Å². The highest BCUT2D eigenvalue weighted by Crippen LogP contribution is 2.21. The van der Waals surface area contributed by atoms with E-state index < -0.39 is 9.84 Å². The summed E-state index contributed by atoms with van der Waals surface area (Å²) in [5, 5.41) is 3.65. The summed E-state index contributed by atoms with van der Waals surface area (Å²) in [5.74, 6) is 0.694. The molecule has 0 saturated carbocycles. The number of rotatable bonds is 3. The van der Waals surface area contributed by atoms with E-state index in [2.05, 4.69) is 34.5 Å². The van der Waals surface area contributed by atoms with Crippen LogP contribution >= 0.6 is 0 Å². The fourth-order valence-electron chi connectivity index (χ4n) is 3.16. The summed E-state index contributed by atoms with van der Waals surface area (Å²) in [6.07, 6.45) is 2.67. The number of para-hydroxylation sites is 1. The van der Waals surface area contributed by atoms with Crippen molar-refractivity contribution in [2.75, 3.05) is 29.5 Å². The summed E-state index contributed by atoms with van der Waals surface area (Å²) in [6.45, 7) is 2.10. The number of anilines is 1. The molecule has 110 valence electrons. The molecule has 1 aromatic rings. The molecule has 0 radical (unpaired) electrons. The monoisotopic (exact) mass is 294 g/mol. The molecule has 2 aliphatic rings. The SMILES string of the molecule is O=S1(=O)CCC(N[C@H]2CCN(c3ccccc3)C2)CC1. The second-order valence-electron chi connectivity index (χ2n) is 5.86. The Balaban J connectivity index is 1.51. The average Bonchev–Trinajstić information content (AvgIpc) is 2.91. The Kier molecular flexibility index (Phi) is 3.98. The number of hydrogen-bond donors (Lipinski definition) is 1. The van der Waals surface area contributed by atoms with Gasteiger partial charge in [0.1, 0.15) is 9.84 Å². The second kappa shape index (κ2) is 5.74. The van der Waals surface area contributed by atoms with Gasteiger partial charge in [0.15, 0.2) is 0 Å². The first-order valence-electron chi connectivity index (χ1n) is 7.39. The van der Waals surface area contributed by atoms with Crippen LogP contribution in [0.25, 0.3) is 0 Å². The molecule has 4 nitrogen and oxygen atoms in total. The van der Waals surface area contributed by atoms with E-state index >= 15 is 0 Å². The van der Waals surface area contributed by atoms with E-state index in [9.17, 15) is 8.42 Å². The lowest BCUT2D eigenvalue weighted by molar-refractivity contribution is 0.414. The van der Waals surface area contributed by atoms with Crippen LogP contribution in [-0.4, -0.2) is 45.1 Å². The number of sulfone groups is 1. The Labute approximate surface area is 121 Å². The van der Waals surface area contributed by atoms with Crippen LogP contribution in [0, 0.1) is 0 Å². The largest absolute Gasteiger partial charge is 0.370 e. The highest BCUT2D eigenvalue weighted by atomic mass is 32.2. The maximum absolute atomic E-state index is 11.4. The topological polar surface area (TPSA) is 49.4 Å². The Bertz CT molecular complexity index is 530. The van der Waals surface area contributed by atoms with Gasteiger partial charge in [-0.05, 0) is 31.4 Å². The van der Waals surface area contributed by atoms with Gasteiger partial charge in [0.2, 0.25) is 0 Å². The van der Waals surface area contributed by atoms with Crippen LogP contribution < -0.4 is 10.2 Å². The summed E-state index contributed by atoms with van der Waals surface area (Å²) < 4.78 is 22.9. The minimum atomic E-state index is -2.75. The van der Waals surface area contributed by atoms with Crippen molar-refractivity contribution in [1.82, 2.24) is 5.32 Å². The fraction of sp³-hybridized carbons (Fsp3) is 0.600. The zero-order valence-corrected chi connectivity index (χ0v) is 12.5. The molecule has 5 heteroatoms. The third kappa shape index (κ3) is 3.33. The predicted octanol–water partition coefficient (Wildman–Crippen LogP) is 1.43. The molecular weight excluding hydrogens is 272 g/mol. The molecule has 3 rings (SSSR count). The average molecular weight is 294 g/mol. The third-order valence-electron chi connectivity index (χ3n) is 4.34. The normalized spacial score (nSPS) is 26.8. The molecule has 0 bridgehead atoms. The van der Waals surface area contributed by atoms with Crippen LogP contribution in [0.1, 0.15) is 19.3 Å². The van der Waals surface area contributed by atoms with Crippen molar-refractivity contribution in [1.29, 1.82) is 0 Å². The molecule has 1 atom stereocenters. The summed E-state index contributed by atoms with van der Waals surface area (Å²) in [7, 11) is -2.75. The predicted molar refractivity (Wildman–Crippen MR) is 81.9 cm³/mol. The van der Waals surface area contributed by atoms with Gasteiger partial charge in [-0.2, -0.15) is 0 Å². The molecule has 1 N–H and O–H groups in total. The highest BCUT2D eigenvalue weighted by molar-refractivity contribution is 7.91. The van der Waals surface area contributed by atoms with Crippen LogP contribution in [0.4, 0.5) is 5.69 Å². The Morgan fingerprint density at radius 3 is 2.40 bits per heavy atom. The molecule has 2 saturated heterocycles. The lowest BCUT2D eigenvalue weighted by Gasteiger charge is -2.27. The van der Waals surface area contributed by atoms with E-state index in [0.717, 1.165) is 32.4 Å². The number of nitrogens with zero attached hydrogens (tertiary/aromatic N) is 1. The van der Waals surface area contributed by atoms with E-state index in [4.69, 9.17) is 0 Å². The zero-order chi connectivity index (χ0) is 14.0. The zero-order valence-electron chi connectivity index (χ0n) is 11.7. The fourth-order valence-corrected chi connectivity index (χ4v) is 4.65. The number of nitrogens with one attached hydrogen (secondary N) is 1. The molecule has 0 spiro atoms. The summed E-state index contributed by atoms with van der Waals surface area (Å²) in [5.41, 5.74) is 1.28. The highest BCUT2D eigenvalue weighted by Gasteiger charge is 2.28. The van der Waals surface area contributed by atoms with E-state index in [-0.39, 0.29) is 0 Å². The Hall–Kier alpha value is -1.07. The molecule has 0 aromatic heterocycles. The summed E-state index contributed by atoms with van der Waals surface area (Å²) in [6, 6.07) is 11.3. The van der Waals surface area contributed by atoms with Crippen LogP contribution in [0.3, 0.4) is 0 Å². The van der Waals surface area contributed by atoms with Gasteiger partial charge in [0.25, 0.3) is 0 Å². The van der Waals surface area contributed by atoms with Gasteiger partial charge in [0, 0.05) is 30.9 Å². The summed E-state index contributed by atoms with van der Waals surface area (Å²) in [4.78, 5) is 2.40. The summed E-state index contributed by atoms with van der Waals surface area (Å²) >= 11 is 0. The lowest BCUT2D eigenvalue weighted by Crippen LogP contribution is -2.44. The van der Waals surface area contributed by atoms with Gasteiger partial charge < -0.3 is 10.2 Å². The molecule has 2 fully saturated rings. The maximum Gasteiger partial charge on any atom is 0.150 e. The van der Waals surface area contributed by atoms with Crippen molar-refractivity contribution in [3.8, 4) is 0 Å². The van der Waals surface area contributed by atoms with Crippen LogP contribution in [0.2, 0.25) is 0 Å². The standard InChI is InChI=1S/C15H22N2O2S/c18-20(19)10-7-13(8-11-20)16-14-6-9-17(12-14)15-4-2-1-3-5-15/h1-5,13-14,16H,6-12H2/t14-/m0/s1. The minimum Gasteiger partial charge on any atom is -0.370 e. The van der Waals surface area contributed by atoms with Gasteiger partial charge in [-0.1, -0.05) is 18.2 Å². The first-order valence-corrected chi connectivity index (χ1v) is 9.21. The number of benzene rings is 1. The molecule has 2 aliphatic heterocycles. The van der Waals surface area contributed by atoms with E-state index in [1.54, 1.807) is 0 Å². The smallest absolute Gasteiger partial charge is 0.150 e. The van der Waals surface area contributed by atoms with Crippen molar-refractivity contribution < 1.29 is 8.42 Å². The molecule has 0 amide bonds. The first-order chi connectivity index (χ1) is 9.62. The van der Waals surface area contributed by atoms with Crippen molar-refractivity contribution in [3.05, 3.63) is 30.3 Å². The number of hydrogen-bond acceptors (Lipinski definition) is 4. The Morgan fingerprint density at radius 2 is 1.70 bits per heavy atom. The quantitative estimate of drug-likeness (QED) is 0.916. The molecule has 2 heterocycles. The minimum absolute atomic E-state index is 0.347. The van der Waals surface area contributed by atoms with Gasteiger partial charge >= 0.3 is 0 Å². The Morgan fingerprint density at radius 1 is 1.00 bits per heavy atom. The van der Waals surface area contributed by atoms with E-state index in [0.29, 0.717) is 23.6 Å². The van der Waals surface area contributed by atoms with Crippen LogP contribution in [0.15, 0.2) is 30.3 Å². The van der Waals surface area contributed by atoms with E-state index in [1.807, 2.05) is 6.07 Å². The molecular formula is C15H22N2O2S. The molecule has 0 aliphatic carbocycles. The van der Waals surface area contributed by atoms with E-state index in [1.165, 1.54) is 5.69 Å². The third-order valence-corrected chi connectivity index (χ3v) is 6.05. The molecule has 0 unspecified atom stereocenters. The molecule has 20 heavy (non-hydrogen) atoms. The first kappa shape index (κ1) is 13.9. The van der Waals surface area contributed by atoms with Gasteiger partial charge in [-0.15, -0.1) is 0 Å². The maximum atomic E-state index is 11.4. The van der Waals surface area contributed by atoms with Crippen LogP contribution in [-0.2, 0) is 9.84 Å². The van der Waals surface area contributed by atoms with Gasteiger partial charge in [0.05, 0.1) is 11.5 Å². The van der Waals surface area contributed by atoms with Gasteiger partial charge in [-0.3, -0.25) is 0 Å². The van der Waals surface area contributed by atoms with Crippen LogP contribution in [0.5, 0.6) is 0 Å². The second-order valence-corrected chi connectivity index (χ2v) is 8.16. The van der Waals surface area contributed by atoms with Crippen molar-refractivity contribution in [2.24, 2.45) is 0 Å².